The van der Waals surface area contributed by atoms with Gasteiger partial charge in [-0.05, 0) is 63.7 Å². The molecule has 0 saturated carbocycles. The van der Waals surface area contributed by atoms with Crippen molar-refractivity contribution in [3.8, 4) is 11.1 Å². The van der Waals surface area contributed by atoms with Crippen LogP contribution in [0.3, 0.4) is 0 Å². The molecule has 0 aliphatic carbocycles. The number of methoxy groups -OCH3 is 1. The van der Waals surface area contributed by atoms with Gasteiger partial charge in [-0.15, -0.1) is 0 Å². The summed E-state index contributed by atoms with van der Waals surface area (Å²) in [7, 11) is 2.13. The third kappa shape index (κ3) is 12.4. The topological polar surface area (TPSA) is 111 Å². The van der Waals surface area contributed by atoms with Crippen molar-refractivity contribution in [1.29, 1.82) is 0 Å². The molecule has 0 radical (unpaired) electrons. The van der Waals surface area contributed by atoms with Gasteiger partial charge in [-0.3, -0.25) is 14.2 Å². The number of hydrogen-bond donors (Lipinski definition) is 2. The molecule has 0 amide bonds. The molecule has 0 spiro atoms. The number of aromatic nitrogens is 3. The zero-order valence-corrected chi connectivity index (χ0v) is 29.5. The summed E-state index contributed by atoms with van der Waals surface area (Å²) < 4.78 is 16.5. The van der Waals surface area contributed by atoms with Crippen LogP contribution in [0.25, 0.3) is 16.9 Å². The van der Waals surface area contributed by atoms with Crippen molar-refractivity contribution in [1.82, 2.24) is 25.0 Å². The number of halogens is 1. The van der Waals surface area contributed by atoms with Crippen molar-refractivity contribution >= 4 is 24.1 Å². The maximum absolute atomic E-state index is 11.5. The lowest BCUT2D eigenvalue weighted by Gasteiger charge is -2.32. The largest absolute Gasteiger partial charge is 0.497 e. The Bertz CT molecular complexity index is 1340. The van der Waals surface area contributed by atoms with Gasteiger partial charge >= 0.3 is 0 Å². The Morgan fingerprint density at radius 3 is 2.57 bits per heavy atom. The second kappa shape index (κ2) is 23.1. The minimum atomic E-state index is 0.267. The molecular formula is C37H56FN7O2. The van der Waals surface area contributed by atoms with Crippen LogP contribution in [0.15, 0.2) is 84.5 Å². The van der Waals surface area contributed by atoms with E-state index in [1.165, 1.54) is 12.5 Å². The standard InChI is InChI=1S/C34H47N7O2.C2H6.CH3F/c1-7-10-31(43-6)12-9-11-29-15-14-28(23-37-29)32-24-39-41(33(17-20-42)36-19-18-35)34(32)38-22-27(8-2)21-30-16-13-26(5)40(30)25(3)4;2*1-2/h7,9-10,12,14-15,17,20,22-24,26-27,30,36H,1,3,8,11,13,16,18-19,21,35H2,2,4-6H3;1-2H3;1H3/b12-9-,31-10+,33-17+,38-22+;;. The third-order valence-corrected chi connectivity index (χ3v) is 7.64. The lowest BCUT2D eigenvalue weighted by atomic mass is 9.96. The number of rotatable bonds is 17. The van der Waals surface area contributed by atoms with E-state index in [9.17, 15) is 9.18 Å². The van der Waals surface area contributed by atoms with Crippen molar-refractivity contribution in [2.24, 2.45) is 16.6 Å². The van der Waals surface area contributed by atoms with Gasteiger partial charge in [0.1, 0.15) is 17.9 Å². The van der Waals surface area contributed by atoms with Gasteiger partial charge < -0.3 is 20.7 Å². The zero-order valence-electron chi connectivity index (χ0n) is 29.5. The molecule has 9 nitrogen and oxygen atoms in total. The van der Waals surface area contributed by atoms with Gasteiger partial charge in [-0.25, -0.2) is 4.99 Å². The van der Waals surface area contributed by atoms with E-state index in [-0.39, 0.29) is 5.92 Å². The molecule has 3 heterocycles. The summed E-state index contributed by atoms with van der Waals surface area (Å²) in [6.45, 7) is 19.4. The zero-order chi connectivity index (χ0) is 35.2. The van der Waals surface area contributed by atoms with Crippen molar-refractivity contribution < 1.29 is 13.9 Å². The van der Waals surface area contributed by atoms with E-state index in [4.69, 9.17) is 15.5 Å². The first kappa shape index (κ1) is 40.7. The fraction of sp³-hybridized carbons (Fsp3) is 0.459. The highest BCUT2D eigenvalue weighted by Gasteiger charge is 2.31. The van der Waals surface area contributed by atoms with Gasteiger partial charge in [0.25, 0.3) is 0 Å². The van der Waals surface area contributed by atoms with Gasteiger partial charge in [0.05, 0.1) is 20.5 Å². The first-order valence-electron chi connectivity index (χ1n) is 16.4. The number of alkyl halides is 1. The molecule has 10 heteroatoms. The number of aliphatic imine (C=N–C) groups is 1. The fourth-order valence-electron chi connectivity index (χ4n) is 5.47. The second-order valence-electron chi connectivity index (χ2n) is 10.8. The number of carbonyl (C=O) groups excluding carboxylic acids is 1. The molecule has 3 unspecified atom stereocenters. The molecule has 3 rings (SSSR count). The Hall–Kier alpha value is -4.31. The van der Waals surface area contributed by atoms with Crippen LogP contribution in [0.2, 0.25) is 0 Å². The Morgan fingerprint density at radius 2 is 2.00 bits per heavy atom. The minimum absolute atomic E-state index is 0.267. The number of nitrogens with two attached hydrogens (primary N) is 1. The number of carbonyl (C=O) groups is 1. The highest BCUT2D eigenvalue weighted by molar-refractivity contribution is 5.81. The van der Waals surface area contributed by atoms with E-state index >= 15 is 0 Å². The highest BCUT2D eigenvalue weighted by atomic mass is 19.1. The van der Waals surface area contributed by atoms with Gasteiger partial charge in [0.15, 0.2) is 5.82 Å². The van der Waals surface area contributed by atoms with Crippen molar-refractivity contribution in [2.75, 3.05) is 27.4 Å². The van der Waals surface area contributed by atoms with Gasteiger partial charge in [0.2, 0.25) is 0 Å². The van der Waals surface area contributed by atoms with Gasteiger partial charge in [-0.1, -0.05) is 52.1 Å². The molecule has 2 aromatic heterocycles. The van der Waals surface area contributed by atoms with E-state index < -0.39 is 0 Å². The first-order valence-corrected chi connectivity index (χ1v) is 16.4. The summed E-state index contributed by atoms with van der Waals surface area (Å²) >= 11 is 0. The number of pyridine rings is 1. The van der Waals surface area contributed by atoms with E-state index in [0.717, 1.165) is 53.8 Å². The summed E-state index contributed by atoms with van der Waals surface area (Å²) in [6, 6.07) is 4.96. The van der Waals surface area contributed by atoms with E-state index in [0.29, 0.717) is 50.4 Å². The predicted molar refractivity (Wildman–Crippen MR) is 195 cm³/mol. The summed E-state index contributed by atoms with van der Waals surface area (Å²) in [5.74, 6) is 2.13. The lowest BCUT2D eigenvalue weighted by molar-refractivity contribution is -0.104. The molecule has 1 saturated heterocycles. The number of allylic oxidation sites excluding steroid dienone is 6. The molecule has 258 valence electrons. The van der Waals surface area contributed by atoms with Crippen molar-refractivity contribution in [2.45, 2.75) is 78.8 Å². The Kier molecular flexibility index (Phi) is 20.0. The summed E-state index contributed by atoms with van der Waals surface area (Å²) in [4.78, 5) is 23.7. The van der Waals surface area contributed by atoms with Crippen LogP contribution in [-0.2, 0) is 16.0 Å². The minimum Gasteiger partial charge on any atom is -0.497 e. The van der Waals surface area contributed by atoms with Crippen LogP contribution >= 0.6 is 0 Å². The van der Waals surface area contributed by atoms with Crippen LogP contribution in [0.5, 0.6) is 0 Å². The van der Waals surface area contributed by atoms with E-state index in [2.05, 4.69) is 54.2 Å². The average Bonchev–Trinajstić information content (AvgIpc) is 3.69. The molecule has 1 aliphatic rings. The van der Waals surface area contributed by atoms with E-state index in [1.54, 1.807) is 30.1 Å². The monoisotopic (exact) mass is 649 g/mol. The molecular weight excluding hydrogens is 593 g/mol. The molecule has 0 aromatic carbocycles. The van der Waals surface area contributed by atoms with Gasteiger partial charge in [0, 0.05) is 72.6 Å². The molecule has 47 heavy (non-hydrogen) atoms. The summed E-state index contributed by atoms with van der Waals surface area (Å²) in [5, 5.41) is 7.82. The molecule has 1 fully saturated rings. The molecule has 3 N–H and O–H groups in total. The second-order valence-corrected chi connectivity index (χ2v) is 10.8. The Balaban J connectivity index is 0.00000265. The van der Waals surface area contributed by atoms with Crippen LogP contribution in [0.1, 0.15) is 66.0 Å². The smallest absolute Gasteiger partial charge is 0.164 e. The quantitative estimate of drug-likeness (QED) is 0.0603. The maximum Gasteiger partial charge on any atom is 0.164 e. The summed E-state index contributed by atoms with van der Waals surface area (Å²) in [6.07, 6.45) is 20.1. The number of ether oxygens (including phenoxy) is 1. The average molecular weight is 650 g/mol. The summed E-state index contributed by atoms with van der Waals surface area (Å²) in [5.41, 5.74) is 9.47. The van der Waals surface area contributed by atoms with Crippen LogP contribution in [0.4, 0.5) is 10.2 Å². The highest BCUT2D eigenvalue weighted by Crippen LogP contribution is 2.34. The molecule has 2 aromatic rings. The maximum atomic E-state index is 11.5. The number of nitrogens with one attached hydrogen (secondary N) is 1. The SMILES string of the molecule is C=C/C=C(\C=C/Cc1ccc(-c2cnn(/C(=C/C=O)NCCN)c2/N=C/C(CC)CC2CCC(C)N2C(=C)C)cn1)OC.CC.CF. The Morgan fingerprint density at radius 1 is 1.26 bits per heavy atom. The normalized spacial score (nSPS) is 17.1. The third-order valence-electron chi connectivity index (χ3n) is 7.64. The van der Waals surface area contributed by atoms with Crippen molar-refractivity contribution in [3.63, 3.8) is 0 Å². The predicted octanol–water partition coefficient (Wildman–Crippen LogP) is 7.42. The number of aldehydes is 1. The van der Waals surface area contributed by atoms with Crippen LogP contribution < -0.4 is 11.1 Å². The van der Waals surface area contributed by atoms with Crippen molar-refractivity contribution in [3.05, 3.63) is 85.2 Å². The molecule has 1 aliphatic heterocycles. The lowest BCUT2D eigenvalue weighted by Crippen LogP contribution is -2.34. The first-order chi connectivity index (χ1) is 22.9. The Labute approximate surface area is 281 Å². The number of nitrogens with zero attached hydrogens (tertiary/aromatic N) is 5. The number of likely N-dealkylation sites (tertiary alicyclic amines) is 1. The van der Waals surface area contributed by atoms with E-state index in [1.807, 2.05) is 50.5 Å². The number of hydrogen-bond acceptors (Lipinski definition) is 8. The van der Waals surface area contributed by atoms with Gasteiger partial charge in [-0.2, -0.15) is 9.78 Å². The van der Waals surface area contributed by atoms with Crippen LogP contribution in [-0.4, -0.2) is 71.6 Å². The molecule has 0 bridgehead atoms. The fourth-order valence-corrected chi connectivity index (χ4v) is 5.47. The molecule has 3 atom stereocenters. The van der Waals surface area contributed by atoms with Crippen LogP contribution in [0, 0.1) is 5.92 Å².